The molecule has 1 N–H and O–H groups in total. The van der Waals surface area contributed by atoms with Crippen molar-refractivity contribution < 1.29 is 18.8 Å². The van der Waals surface area contributed by atoms with E-state index in [4.69, 9.17) is 9.16 Å². The summed E-state index contributed by atoms with van der Waals surface area (Å²) in [6.45, 7) is 7.30. The van der Waals surface area contributed by atoms with Gasteiger partial charge in [0, 0.05) is 18.7 Å². The summed E-state index contributed by atoms with van der Waals surface area (Å²) in [6, 6.07) is 45.2. The Hall–Kier alpha value is -4.98. The third kappa shape index (κ3) is 6.70. The smallest absolute Gasteiger partial charge is 0.409 e. The highest BCUT2D eigenvalue weighted by molar-refractivity contribution is 6.99. The molecule has 5 aromatic carbocycles. The minimum atomic E-state index is -2.67. The predicted molar refractivity (Wildman–Crippen MR) is 195 cm³/mol. The summed E-state index contributed by atoms with van der Waals surface area (Å²) in [7, 11) is -1.10. The molecule has 244 valence electrons. The van der Waals surface area contributed by atoms with Gasteiger partial charge in [-0.15, -0.1) is 0 Å². The topological polar surface area (TPSA) is 67.9 Å². The Bertz CT molecular complexity index is 1790. The fraction of sp³-hybridized carbons (Fsp3) is 0.220. The molecule has 1 aliphatic rings. The molecule has 6 nitrogen and oxygen atoms in total. The summed E-state index contributed by atoms with van der Waals surface area (Å²) in [5, 5.41) is 5.24. The van der Waals surface area contributed by atoms with E-state index in [9.17, 15) is 9.59 Å². The Labute approximate surface area is 284 Å². The van der Waals surface area contributed by atoms with E-state index in [1.807, 2.05) is 60.7 Å². The van der Waals surface area contributed by atoms with Crippen LogP contribution < -0.4 is 15.7 Å². The van der Waals surface area contributed by atoms with Crippen molar-refractivity contribution >= 4 is 36.4 Å². The number of carbonyl (C=O) groups excluding carboxylic acids is 2. The van der Waals surface area contributed by atoms with E-state index in [-0.39, 0.29) is 30.0 Å². The zero-order valence-electron chi connectivity index (χ0n) is 28.0. The van der Waals surface area contributed by atoms with E-state index < -0.39 is 14.4 Å². The van der Waals surface area contributed by atoms with Crippen LogP contribution in [0.25, 0.3) is 11.1 Å². The number of likely N-dealkylation sites (N-methyl/N-ethyl adjacent to an activating group) is 1. The highest BCUT2D eigenvalue weighted by Crippen LogP contribution is 2.44. The third-order valence-electron chi connectivity index (χ3n) is 9.14. The number of anilines is 1. The molecule has 48 heavy (non-hydrogen) atoms. The number of hydrogen-bond acceptors (Lipinski definition) is 4. The minimum absolute atomic E-state index is 0.0392. The second-order valence-corrected chi connectivity index (χ2v) is 17.7. The lowest BCUT2D eigenvalue weighted by molar-refractivity contribution is -0.116. The number of fused-ring (bicyclic) bond motifs is 3. The van der Waals surface area contributed by atoms with Gasteiger partial charge in [-0.1, -0.05) is 142 Å². The first kappa shape index (κ1) is 32.9. The molecule has 6 rings (SSSR count). The Morgan fingerprint density at radius 1 is 0.708 bits per heavy atom. The van der Waals surface area contributed by atoms with Gasteiger partial charge in [-0.3, -0.25) is 4.79 Å². The van der Waals surface area contributed by atoms with Crippen LogP contribution in [0.15, 0.2) is 133 Å². The van der Waals surface area contributed by atoms with Crippen molar-refractivity contribution in [1.82, 2.24) is 4.90 Å². The number of ether oxygens (including phenoxy) is 1. The molecule has 2 amide bonds. The van der Waals surface area contributed by atoms with Crippen LogP contribution in [0.3, 0.4) is 0 Å². The van der Waals surface area contributed by atoms with Crippen molar-refractivity contribution in [2.75, 3.05) is 25.5 Å². The number of nitrogens with zero attached hydrogens (tertiary/aromatic N) is 1. The van der Waals surface area contributed by atoms with Crippen molar-refractivity contribution in [3.8, 4) is 11.1 Å². The first-order valence-electron chi connectivity index (χ1n) is 16.4. The summed E-state index contributed by atoms with van der Waals surface area (Å²) >= 11 is 0. The molecule has 5 aromatic rings. The summed E-state index contributed by atoms with van der Waals surface area (Å²) in [4.78, 5) is 27.1. The van der Waals surface area contributed by atoms with Crippen molar-refractivity contribution in [3.05, 3.63) is 150 Å². The average Bonchev–Trinajstić information content (AvgIpc) is 3.42. The van der Waals surface area contributed by atoms with E-state index in [1.165, 1.54) is 26.4 Å². The SMILES string of the molecule is CN(CC(=O)Nc1ccc(CO[Si](c2ccccc2)(c2ccccc2)C(C)(C)C)cc1)C(=O)OCC1c2ccccc2-c2ccccc21. The fourth-order valence-corrected chi connectivity index (χ4v) is 11.4. The molecule has 7 heteroatoms. The molecule has 0 bridgehead atoms. The van der Waals surface area contributed by atoms with E-state index in [0.717, 1.165) is 16.7 Å². The van der Waals surface area contributed by atoms with Crippen LogP contribution in [0.4, 0.5) is 10.5 Å². The van der Waals surface area contributed by atoms with Gasteiger partial charge in [-0.25, -0.2) is 4.79 Å². The van der Waals surface area contributed by atoms with Crippen LogP contribution in [0.2, 0.25) is 5.04 Å². The molecule has 0 heterocycles. The molecule has 0 aliphatic heterocycles. The van der Waals surface area contributed by atoms with Crippen molar-refractivity contribution in [2.24, 2.45) is 0 Å². The van der Waals surface area contributed by atoms with Gasteiger partial charge in [0.2, 0.25) is 5.91 Å². The monoisotopic (exact) mass is 654 g/mol. The maximum absolute atomic E-state index is 12.9. The molecule has 1 aliphatic carbocycles. The first-order chi connectivity index (χ1) is 23.2. The number of benzene rings is 5. The maximum Gasteiger partial charge on any atom is 0.409 e. The second-order valence-electron chi connectivity index (χ2n) is 13.4. The highest BCUT2D eigenvalue weighted by atomic mass is 28.4. The zero-order chi connectivity index (χ0) is 33.7. The van der Waals surface area contributed by atoms with Crippen LogP contribution in [0.5, 0.6) is 0 Å². The standard InChI is InChI=1S/C41H42N2O4Si/c1-41(2,3)48(32-15-7-5-8-16-32,33-17-9-6-10-18-33)47-28-30-23-25-31(26-24-30)42-39(44)27-43(4)40(45)46-29-38-36-21-13-11-19-34(36)35-20-12-14-22-37(35)38/h5-26,38H,27-29H2,1-4H3,(H,42,44). The summed E-state index contributed by atoms with van der Waals surface area (Å²) in [5.74, 6) is -0.343. The van der Waals surface area contributed by atoms with Gasteiger partial charge in [0.05, 0.1) is 6.61 Å². The van der Waals surface area contributed by atoms with Crippen LogP contribution in [-0.4, -0.2) is 45.4 Å². The predicted octanol–water partition coefficient (Wildman–Crippen LogP) is 7.58. The molecule has 0 atom stereocenters. The molecule has 0 saturated carbocycles. The Kier molecular flexibility index (Phi) is 9.62. The van der Waals surface area contributed by atoms with E-state index in [2.05, 4.69) is 98.9 Å². The van der Waals surface area contributed by atoms with Gasteiger partial charge in [0.1, 0.15) is 13.2 Å². The lowest BCUT2D eigenvalue weighted by atomic mass is 9.98. The van der Waals surface area contributed by atoms with Crippen LogP contribution in [0.1, 0.15) is 43.4 Å². The fourth-order valence-electron chi connectivity index (χ4n) is 6.82. The number of carbonyl (C=O) groups is 2. The summed E-state index contributed by atoms with van der Waals surface area (Å²) in [5.41, 5.74) is 6.29. The molecule has 0 saturated heterocycles. The van der Waals surface area contributed by atoms with E-state index in [0.29, 0.717) is 12.3 Å². The maximum atomic E-state index is 12.9. The van der Waals surface area contributed by atoms with Crippen LogP contribution in [-0.2, 0) is 20.6 Å². The first-order valence-corrected chi connectivity index (χ1v) is 18.3. The molecular formula is C41H42N2O4Si. The number of amides is 2. The Morgan fingerprint density at radius 3 is 1.73 bits per heavy atom. The van der Waals surface area contributed by atoms with Crippen molar-refractivity contribution in [2.45, 2.75) is 38.3 Å². The number of nitrogens with one attached hydrogen (secondary N) is 1. The average molecular weight is 655 g/mol. The van der Waals surface area contributed by atoms with Crippen molar-refractivity contribution in [3.63, 3.8) is 0 Å². The van der Waals surface area contributed by atoms with Gasteiger partial charge < -0.3 is 19.4 Å². The summed E-state index contributed by atoms with van der Waals surface area (Å²) in [6.07, 6.45) is -0.539. The van der Waals surface area contributed by atoms with Gasteiger partial charge in [-0.05, 0) is 55.4 Å². The van der Waals surface area contributed by atoms with Gasteiger partial charge in [0.25, 0.3) is 8.32 Å². The lowest BCUT2D eigenvalue weighted by Crippen LogP contribution is -2.66. The van der Waals surface area contributed by atoms with Crippen molar-refractivity contribution in [1.29, 1.82) is 0 Å². The summed E-state index contributed by atoms with van der Waals surface area (Å²) < 4.78 is 12.8. The molecule has 0 spiro atoms. The highest BCUT2D eigenvalue weighted by Gasteiger charge is 2.50. The minimum Gasteiger partial charge on any atom is -0.448 e. The van der Waals surface area contributed by atoms with Gasteiger partial charge in [-0.2, -0.15) is 0 Å². The van der Waals surface area contributed by atoms with Crippen LogP contribution in [0, 0.1) is 0 Å². The Balaban J connectivity index is 1.06. The van der Waals surface area contributed by atoms with E-state index in [1.54, 1.807) is 7.05 Å². The normalized spacial score (nSPS) is 12.6. The number of hydrogen-bond donors (Lipinski definition) is 1. The van der Waals surface area contributed by atoms with E-state index >= 15 is 0 Å². The van der Waals surface area contributed by atoms with Gasteiger partial charge >= 0.3 is 6.09 Å². The quantitative estimate of drug-likeness (QED) is 0.158. The molecule has 0 aromatic heterocycles. The van der Waals surface area contributed by atoms with Gasteiger partial charge in [0.15, 0.2) is 0 Å². The third-order valence-corrected chi connectivity index (χ3v) is 14.1. The largest absolute Gasteiger partial charge is 0.448 e. The molecule has 0 unspecified atom stereocenters. The van der Waals surface area contributed by atoms with Crippen LogP contribution >= 0.6 is 0 Å². The number of rotatable bonds is 10. The molecular weight excluding hydrogens is 613 g/mol. The zero-order valence-corrected chi connectivity index (χ0v) is 29.0. The second kappa shape index (κ2) is 14.0. The lowest BCUT2D eigenvalue weighted by Gasteiger charge is -2.43. The molecule has 0 radical (unpaired) electrons. The Morgan fingerprint density at radius 2 is 1.21 bits per heavy atom. The molecule has 0 fully saturated rings.